The molecule has 1 heterocycles. The zero-order valence-electron chi connectivity index (χ0n) is 12.5. The van der Waals surface area contributed by atoms with Gasteiger partial charge in [0.2, 0.25) is 5.88 Å². The highest BCUT2D eigenvalue weighted by atomic mass is 16.6. The molecule has 2 rings (SSSR count). The number of aromatic nitrogens is 1. The molecule has 1 aromatic heterocycles. The van der Waals surface area contributed by atoms with E-state index in [1.807, 2.05) is 31.2 Å². The Balaban J connectivity index is 1.89. The summed E-state index contributed by atoms with van der Waals surface area (Å²) in [5.41, 5.74) is 2.44. The van der Waals surface area contributed by atoms with Gasteiger partial charge in [-0.15, -0.1) is 0 Å². The fraction of sp³-hybridized carbons (Fsp3) is 0.250. The molecule has 0 atom stereocenters. The number of pyridine rings is 1. The van der Waals surface area contributed by atoms with Gasteiger partial charge in [-0.2, -0.15) is 0 Å². The number of amides is 1. The highest BCUT2D eigenvalue weighted by molar-refractivity contribution is 5.69. The zero-order chi connectivity index (χ0) is 15.9. The van der Waals surface area contributed by atoms with E-state index in [1.54, 1.807) is 19.4 Å². The molecule has 6 nitrogen and oxygen atoms in total. The maximum atomic E-state index is 11.7. The van der Waals surface area contributed by atoms with Crippen LogP contribution >= 0.6 is 0 Å². The van der Waals surface area contributed by atoms with E-state index in [1.165, 1.54) is 0 Å². The van der Waals surface area contributed by atoms with E-state index >= 15 is 0 Å². The molecule has 0 saturated heterocycles. The predicted octanol–water partition coefficient (Wildman–Crippen LogP) is 2.18. The number of nitrogens with one attached hydrogen (secondary N) is 1. The van der Waals surface area contributed by atoms with E-state index in [4.69, 9.17) is 9.47 Å². The molecule has 116 valence electrons. The van der Waals surface area contributed by atoms with Gasteiger partial charge >= 0.3 is 6.09 Å². The van der Waals surface area contributed by atoms with Gasteiger partial charge in [-0.25, -0.2) is 9.78 Å². The minimum Gasteiger partial charge on any atom is -0.497 e. The molecule has 0 unspecified atom stereocenters. The summed E-state index contributed by atoms with van der Waals surface area (Å²) in [5, 5.41) is 11.8. The number of hydrogen-bond donors (Lipinski definition) is 2. The normalized spacial score (nSPS) is 10.1. The van der Waals surface area contributed by atoms with Gasteiger partial charge in [0.1, 0.15) is 5.75 Å². The van der Waals surface area contributed by atoms with E-state index in [0.717, 1.165) is 16.9 Å². The summed E-state index contributed by atoms with van der Waals surface area (Å²) in [7, 11) is 1.60. The molecular formula is C16H18N2O4. The number of hydrogen-bond acceptors (Lipinski definition) is 5. The Morgan fingerprint density at radius 1 is 1.32 bits per heavy atom. The van der Waals surface area contributed by atoms with Crippen molar-refractivity contribution in [2.75, 3.05) is 7.11 Å². The Kier molecular flexibility index (Phi) is 5.32. The summed E-state index contributed by atoms with van der Waals surface area (Å²) in [4.78, 5) is 15.7. The van der Waals surface area contributed by atoms with Crippen LogP contribution in [0.15, 0.2) is 36.5 Å². The van der Waals surface area contributed by atoms with E-state index in [-0.39, 0.29) is 12.5 Å². The zero-order valence-corrected chi connectivity index (χ0v) is 12.5. The molecule has 22 heavy (non-hydrogen) atoms. The first-order valence-electron chi connectivity index (χ1n) is 6.77. The average Bonchev–Trinajstić information content (AvgIpc) is 2.55. The minimum atomic E-state index is -0.601. The fourth-order valence-corrected chi connectivity index (χ4v) is 1.82. The Morgan fingerprint density at radius 2 is 2.05 bits per heavy atom. The SMILES string of the molecule is COc1ccc(CNC(=O)Oc2cc(CO)c(C)cn2)cc1. The molecule has 0 spiro atoms. The maximum Gasteiger partial charge on any atom is 0.414 e. The van der Waals surface area contributed by atoms with Gasteiger partial charge in [0, 0.05) is 18.8 Å². The third-order valence-electron chi connectivity index (χ3n) is 3.15. The van der Waals surface area contributed by atoms with Crippen molar-refractivity contribution >= 4 is 6.09 Å². The summed E-state index contributed by atoms with van der Waals surface area (Å²) in [6.07, 6.45) is 0.952. The van der Waals surface area contributed by atoms with Crippen molar-refractivity contribution in [3.05, 3.63) is 53.2 Å². The van der Waals surface area contributed by atoms with Crippen LogP contribution < -0.4 is 14.8 Å². The van der Waals surface area contributed by atoms with Crippen molar-refractivity contribution in [3.63, 3.8) is 0 Å². The monoisotopic (exact) mass is 302 g/mol. The lowest BCUT2D eigenvalue weighted by Crippen LogP contribution is -2.26. The molecule has 0 aliphatic heterocycles. The second kappa shape index (κ2) is 7.42. The number of nitrogens with zero attached hydrogens (tertiary/aromatic N) is 1. The molecule has 0 fully saturated rings. The summed E-state index contributed by atoms with van der Waals surface area (Å²) in [5.74, 6) is 0.911. The van der Waals surface area contributed by atoms with Crippen molar-refractivity contribution in [2.24, 2.45) is 0 Å². The number of rotatable bonds is 5. The molecule has 0 aliphatic carbocycles. The first-order chi connectivity index (χ1) is 10.6. The van der Waals surface area contributed by atoms with Gasteiger partial charge in [0.15, 0.2) is 0 Å². The molecule has 2 N–H and O–H groups in total. The Hall–Kier alpha value is -2.60. The van der Waals surface area contributed by atoms with Gasteiger partial charge in [-0.1, -0.05) is 12.1 Å². The molecule has 1 amide bonds. The van der Waals surface area contributed by atoms with E-state index < -0.39 is 6.09 Å². The first kappa shape index (κ1) is 15.8. The van der Waals surface area contributed by atoms with Crippen LogP contribution in [0.1, 0.15) is 16.7 Å². The topological polar surface area (TPSA) is 80.7 Å². The van der Waals surface area contributed by atoms with Crippen LogP contribution in [-0.4, -0.2) is 23.3 Å². The molecule has 1 aromatic carbocycles. The lowest BCUT2D eigenvalue weighted by atomic mass is 10.2. The lowest BCUT2D eigenvalue weighted by Gasteiger charge is -2.08. The molecule has 0 aliphatic rings. The van der Waals surface area contributed by atoms with E-state index in [9.17, 15) is 9.90 Å². The standard InChI is InChI=1S/C16H18N2O4/c1-11-8-17-15(7-13(11)10-19)22-16(20)18-9-12-3-5-14(21-2)6-4-12/h3-8,19H,9-10H2,1-2H3,(H,18,20). The van der Waals surface area contributed by atoms with E-state index in [2.05, 4.69) is 10.3 Å². The fourth-order valence-electron chi connectivity index (χ4n) is 1.82. The second-order valence-corrected chi connectivity index (χ2v) is 4.70. The third kappa shape index (κ3) is 4.20. The number of carbonyl (C=O) groups excluding carboxylic acids is 1. The molecule has 0 saturated carbocycles. The summed E-state index contributed by atoms with van der Waals surface area (Å²) in [6, 6.07) is 8.89. The van der Waals surface area contributed by atoms with Crippen LogP contribution in [0, 0.1) is 6.92 Å². The van der Waals surface area contributed by atoms with Gasteiger partial charge in [-0.3, -0.25) is 0 Å². The number of ether oxygens (including phenoxy) is 2. The largest absolute Gasteiger partial charge is 0.497 e. The van der Waals surface area contributed by atoms with Gasteiger partial charge in [0.25, 0.3) is 0 Å². The van der Waals surface area contributed by atoms with Crippen LogP contribution in [-0.2, 0) is 13.2 Å². The molecule has 6 heteroatoms. The quantitative estimate of drug-likeness (QED) is 0.885. The second-order valence-electron chi connectivity index (χ2n) is 4.70. The lowest BCUT2D eigenvalue weighted by molar-refractivity contribution is 0.197. The van der Waals surface area contributed by atoms with Crippen molar-refractivity contribution in [3.8, 4) is 11.6 Å². The number of methoxy groups -OCH3 is 1. The summed E-state index contributed by atoms with van der Waals surface area (Å²) >= 11 is 0. The van der Waals surface area contributed by atoms with Crippen LogP contribution in [0.2, 0.25) is 0 Å². The summed E-state index contributed by atoms with van der Waals surface area (Å²) in [6.45, 7) is 2.03. The highest BCUT2D eigenvalue weighted by Gasteiger charge is 2.07. The Labute approximate surface area is 128 Å². The smallest absolute Gasteiger partial charge is 0.414 e. The maximum absolute atomic E-state index is 11.7. The highest BCUT2D eigenvalue weighted by Crippen LogP contribution is 2.14. The summed E-state index contributed by atoms with van der Waals surface area (Å²) < 4.78 is 10.1. The number of aliphatic hydroxyl groups excluding tert-OH is 1. The van der Waals surface area contributed by atoms with Crippen molar-refractivity contribution in [2.45, 2.75) is 20.1 Å². The van der Waals surface area contributed by atoms with Crippen LogP contribution in [0.5, 0.6) is 11.6 Å². The Bertz CT molecular complexity index is 641. The number of aliphatic hydroxyl groups is 1. The number of carbonyl (C=O) groups is 1. The van der Waals surface area contributed by atoms with Crippen LogP contribution in [0.25, 0.3) is 0 Å². The molecule has 0 bridgehead atoms. The predicted molar refractivity (Wildman–Crippen MR) is 80.8 cm³/mol. The molecule has 2 aromatic rings. The molecular weight excluding hydrogens is 284 g/mol. The van der Waals surface area contributed by atoms with Crippen molar-refractivity contribution in [1.82, 2.24) is 10.3 Å². The minimum absolute atomic E-state index is 0.127. The number of aryl methyl sites for hydroxylation is 1. The van der Waals surface area contributed by atoms with Crippen LogP contribution in [0.4, 0.5) is 4.79 Å². The van der Waals surface area contributed by atoms with Gasteiger partial charge in [0.05, 0.1) is 13.7 Å². The number of benzene rings is 1. The Morgan fingerprint density at radius 3 is 2.68 bits per heavy atom. The third-order valence-corrected chi connectivity index (χ3v) is 3.15. The van der Waals surface area contributed by atoms with Crippen LogP contribution in [0.3, 0.4) is 0 Å². The van der Waals surface area contributed by atoms with Gasteiger partial charge < -0.3 is 19.9 Å². The van der Waals surface area contributed by atoms with Crippen molar-refractivity contribution < 1.29 is 19.4 Å². The van der Waals surface area contributed by atoms with Gasteiger partial charge in [-0.05, 0) is 35.7 Å². The van der Waals surface area contributed by atoms with Crippen molar-refractivity contribution in [1.29, 1.82) is 0 Å². The average molecular weight is 302 g/mol. The van der Waals surface area contributed by atoms with E-state index in [0.29, 0.717) is 12.1 Å². The first-order valence-corrected chi connectivity index (χ1v) is 6.77. The molecule has 0 radical (unpaired) electrons.